The van der Waals surface area contributed by atoms with Crippen LogP contribution in [0.5, 0.6) is 0 Å². The molecule has 0 N–H and O–H groups in total. The molecule has 3 rings (SSSR count). The fraction of sp³-hybridized carbons (Fsp3) is 0.412. The zero-order valence-electron chi connectivity index (χ0n) is 14.3. The van der Waals surface area contributed by atoms with E-state index < -0.39 is 5.97 Å². The number of hydrogen-bond donors (Lipinski definition) is 0. The molecule has 1 aliphatic rings. The summed E-state index contributed by atoms with van der Waals surface area (Å²) in [7, 11) is 1.68. The minimum absolute atomic E-state index is 0.0134. The fourth-order valence-corrected chi connectivity index (χ4v) is 4.15. The van der Waals surface area contributed by atoms with Crippen LogP contribution < -0.4 is 4.90 Å². The van der Waals surface area contributed by atoms with Crippen LogP contribution in [0.3, 0.4) is 0 Å². The SMILES string of the molecule is CN(Cc1cccs1)C(=O)COC(=O)Cc1csc(N2CCCC2=O)n1. The molecular formula is C17H19N3O4S2. The number of carbonyl (C=O) groups excluding carboxylic acids is 3. The number of thiophene rings is 1. The Hall–Kier alpha value is -2.26. The van der Waals surface area contributed by atoms with E-state index in [0.717, 1.165) is 11.3 Å². The predicted octanol–water partition coefficient (Wildman–Crippen LogP) is 2.08. The van der Waals surface area contributed by atoms with Gasteiger partial charge in [-0.1, -0.05) is 6.07 Å². The number of aromatic nitrogens is 1. The van der Waals surface area contributed by atoms with E-state index in [-0.39, 0.29) is 24.8 Å². The Balaban J connectivity index is 1.44. The van der Waals surface area contributed by atoms with E-state index in [0.29, 0.717) is 30.3 Å². The van der Waals surface area contributed by atoms with Gasteiger partial charge in [-0.15, -0.1) is 22.7 Å². The van der Waals surface area contributed by atoms with Gasteiger partial charge in [0.2, 0.25) is 5.91 Å². The van der Waals surface area contributed by atoms with Crippen LogP contribution in [0.2, 0.25) is 0 Å². The van der Waals surface area contributed by atoms with Crippen LogP contribution >= 0.6 is 22.7 Å². The third-order valence-corrected chi connectivity index (χ3v) is 5.70. The molecule has 7 nitrogen and oxygen atoms in total. The van der Waals surface area contributed by atoms with E-state index in [9.17, 15) is 14.4 Å². The van der Waals surface area contributed by atoms with Crippen molar-refractivity contribution in [1.82, 2.24) is 9.88 Å². The van der Waals surface area contributed by atoms with Gasteiger partial charge in [-0.2, -0.15) is 0 Å². The average molecular weight is 393 g/mol. The summed E-state index contributed by atoms with van der Waals surface area (Å²) in [6.45, 7) is 0.872. The third-order valence-electron chi connectivity index (χ3n) is 3.92. The van der Waals surface area contributed by atoms with Gasteiger partial charge in [0.15, 0.2) is 11.7 Å². The Bertz CT molecular complexity index is 788. The summed E-state index contributed by atoms with van der Waals surface area (Å²) >= 11 is 2.91. The Kier molecular flexibility index (Phi) is 6.00. The number of amides is 2. The molecule has 138 valence electrons. The van der Waals surface area contributed by atoms with Crippen LogP contribution in [0.1, 0.15) is 23.4 Å². The molecule has 0 aliphatic carbocycles. The van der Waals surface area contributed by atoms with Crippen molar-refractivity contribution in [2.24, 2.45) is 0 Å². The van der Waals surface area contributed by atoms with E-state index >= 15 is 0 Å². The summed E-state index contributed by atoms with van der Waals surface area (Å²) in [6.07, 6.45) is 1.36. The molecule has 0 aromatic carbocycles. The maximum absolute atomic E-state index is 12.0. The maximum atomic E-state index is 12.0. The van der Waals surface area contributed by atoms with Crippen molar-refractivity contribution < 1.29 is 19.1 Å². The first-order valence-electron chi connectivity index (χ1n) is 8.19. The van der Waals surface area contributed by atoms with Crippen molar-refractivity contribution in [3.63, 3.8) is 0 Å². The largest absolute Gasteiger partial charge is 0.455 e. The average Bonchev–Trinajstić information content (AvgIpc) is 3.35. The standard InChI is InChI=1S/C17H19N3O4S2/c1-19(9-13-4-3-7-25-13)15(22)10-24-16(23)8-12-11-26-17(18-12)20-6-2-5-14(20)21/h3-4,7,11H,2,5-6,8-10H2,1H3. The molecule has 1 aliphatic heterocycles. The number of ether oxygens (including phenoxy) is 1. The molecule has 0 spiro atoms. The second-order valence-corrected chi connectivity index (χ2v) is 7.81. The highest BCUT2D eigenvalue weighted by molar-refractivity contribution is 7.14. The second kappa shape index (κ2) is 8.41. The van der Waals surface area contributed by atoms with E-state index in [2.05, 4.69) is 4.98 Å². The van der Waals surface area contributed by atoms with Gasteiger partial charge in [0.05, 0.1) is 18.7 Å². The molecule has 0 atom stereocenters. The Labute approximate surface area is 159 Å². The molecule has 2 amide bonds. The lowest BCUT2D eigenvalue weighted by Gasteiger charge is -2.16. The molecule has 0 bridgehead atoms. The van der Waals surface area contributed by atoms with Crippen LogP contribution in [0.25, 0.3) is 0 Å². The van der Waals surface area contributed by atoms with Crippen LogP contribution in [-0.4, -0.2) is 47.9 Å². The molecule has 3 heterocycles. The minimum Gasteiger partial charge on any atom is -0.455 e. The molecule has 1 fully saturated rings. The van der Waals surface area contributed by atoms with Gasteiger partial charge in [0, 0.05) is 30.3 Å². The van der Waals surface area contributed by atoms with Crippen molar-refractivity contribution >= 4 is 45.6 Å². The van der Waals surface area contributed by atoms with Gasteiger partial charge < -0.3 is 9.64 Å². The van der Waals surface area contributed by atoms with Crippen LogP contribution in [0, 0.1) is 0 Å². The van der Waals surface area contributed by atoms with Gasteiger partial charge in [-0.3, -0.25) is 19.3 Å². The Morgan fingerprint density at radius 1 is 1.38 bits per heavy atom. The number of nitrogens with zero attached hydrogens (tertiary/aromatic N) is 3. The number of anilines is 1. The summed E-state index contributed by atoms with van der Waals surface area (Å²) in [4.78, 5) is 44.3. The van der Waals surface area contributed by atoms with E-state index in [1.807, 2.05) is 17.5 Å². The van der Waals surface area contributed by atoms with Crippen molar-refractivity contribution in [3.8, 4) is 0 Å². The van der Waals surface area contributed by atoms with Crippen molar-refractivity contribution in [1.29, 1.82) is 0 Å². The molecule has 2 aromatic rings. The molecule has 2 aromatic heterocycles. The highest BCUT2D eigenvalue weighted by atomic mass is 32.1. The molecule has 0 unspecified atom stereocenters. The molecular weight excluding hydrogens is 374 g/mol. The van der Waals surface area contributed by atoms with Gasteiger partial charge in [0.1, 0.15) is 0 Å². The van der Waals surface area contributed by atoms with Crippen molar-refractivity contribution in [3.05, 3.63) is 33.5 Å². The van der Waals surface area contributed by atoms with Crippen molar-refractivity contribution in [2.45, 2.75) is 25.8 Å². The number of hydrogen-bond acceptors (Lipinski definition) is 7. The third kappa shape index (κ3) is 4.67. The smallest absolute Gasteiger partial charge is 0.312 e. The lowest BCUT2D eigenvalue weighted by atomic mass is 10.3. The number of thiazole rings is 1. The zero-order chi connectivity index (χ0) is 18.5. The first-order valence-corrected chi connectivity index (χ1v) is 9.95. The molecule has 26 heavy (non-hydrogen) atoms. The maximum Gasteiger partial charge on any atom is 0.312 e. The normalized spacial score (nSPS) is 13.9. The van der Waals surface area contributed by atoms with Crippen molar-refractivity contribution in [2.75, 3.05) is 25.1 Å². The summed E-state index contributed by atoms with van der Waals surface area (Å²) in [6, 6.07) is 3.88. The second-order valence-electron chi connectivity index (χ2n) is 5.94. The van der Waals surface area contributed by atoms with E-state index in [1.165, 1.54) is 16.2 Å². The highest BCUT2D eigenvalue weighted by Crippen LogP contribution is 2.25. The van der Waals surface area contributed by atoms with Gasteiger partial charge >= 0.3 is 5.97 Å². The number of rotatable bonds is 7. The summed E-state index contributed by atoms with van der Waals surface area (Å²) in [5.41, 5.74) is 0.550. The summed E-state index contributed by atoms with van der Waals surface area (Å²) in [5, 5.41) is 4.31. The summed E-state index contributed by atoms with van der Waals surface area (Å²) in [5.74, 6) is -0.700. The van der Waals surface area contributed by atoms with E-state index in [4.69, 9.17) is 4.74 Å². The number of esters is 1. The van der Waals surface area contributed by atoms with Gasteiger partial charge in [-0.25, -0.2) is 4.98 Å². The molecule has 9 heteroatoms. The monoisotopic (exact) mass is 393 g/mol. The highest BCUT2D eigenvalue weighted by Gasteiger charge is 2.24. The predicted molar refractivity (Wildman–Crippen MR) is 99.2 cm³/mol. The number of carbonyl (C=O) groups is 3. The minimum atomic E-state index is -0.507. The van der Waals surface area contributed by atoms with Crippen LogP contribution in [0.4, 0.5) is 5.13 Å². The molecule has 0 radical (unpaired) electrons. The Morgan fingerprint density at radius 3 is 2.92 bits per heavy atom. The first-order chi connectivity index (χ1) is 12.5. The molecule has 0 saturated carbocycles. The lowest BCUT2D eigenvalue weighted by molar-refractivity contribution is -0.151. The van der Waals surface area contributed by atoms with Gasteiger partial charge in [0.25, 0.3) is 5.91 Å². The van der Waals surface area contributed by atoms with Crippen LogP contribution in [0.15, 0.2) is 22.9 Å². The number of likely N-dealkylation sites (N-methyl/N-ethyl adjacent to an activating group) is 1. The zero-order valence-corrected chi connectivity index (χ0v) is 16.0. The topological polar surface area (TPSA) is 79.8 Å². The molecule has 1 saturated heterocycles. The van der Waals surface area contributed by atoms with E-state index in [1.54, 1.807) is 28.7 Å². The fourth-order valence-electron chi connectivity index (χ4n) is 2.53. The quantitative estimate of drug-likeness (QED) is 0.673. The lowest BCUT2D eigenvalue weighted by Crippen LogP contribution is -2.30. The summed E-state index contributed by atoms with van der Waals surface area (Å²) < 4.78 is 5.06. The van der Waals surface area contributed by atoms with Crippen LogP contribution in [-0.2, 0) is 32.1 Å². The first kappa shape index (κ1) is 18.5. The van der Waals surface area contributed by atoms with Gasteiger partial charge in [-0.05, 0) is 17.9 Å². The Morgan fingerprint density at radius 2 is 2.23 bits per heavy atom.